The Morgan fingerprint density at radius 2 is 1.87 bits per heavy atom. The Kier molecular flexibility index (Phi) is 7.50. The molecule has 0 bridgehead atoms. The maximum Gasteiger partial charge on any atom is 0.254 e. The third kappa shape index (κ3) is 5.40. The number of likely N-dealkylation sites (tertiary alicyclic amines) is 1. The first-order valence-corrected chi connectivity index (χ1v) is 10.9. The summed E-state index contributed by atoms with van der Waals surface area (Å²) in [5.74, 6) is 0.355. The van der Waals surface area contributed by atoms with Crippen LogP contribution in [-0.4, -0.2) is 53.7 Å². The lowest BCUT2D eigenvalue weighted by Crippen LogP contribution is -2.48. The van der Waals surface area contributed by atoms with E-state index in [0.29, 0.717) is 18.5 Å². The number of para-hydroxylation sites is 1. The monoisotopic (exact) mass is 474 g/mol. The van der Waals surface area contributed by atoms with Gasteiger partial charge in [-0.15, -0.1) is 0 Å². The molecule has 0 radical (unpaired) electrons. The number of hydrogen-bond acceptors (Lipinski definition) is 4. The van der Waals surface area contributed by atoms with Crippen molar-refractivity contribution in [1.29, 1.82) is 0 Å². The lowest BCUT2D eigenvalue weighted by Gasteiger charge is -2.24. The molecular formula is C23H27BrN2O4. The number of nitrogens with zero attached hydrogens (tertiary/aromatic N) is 1. The summed E-state index contributed by atoms with van der Waals surface area (Å²) < 4.78 is 6.64. The molecule has 2 amide bonds. The van der Waals surface area contributed by atoms with Crippen molar-refractivity contribution in [3.8, 4) is 5.75 Å². The quantitative estimate of drug-likeness (QED) is 0.645. The fourth-order valence-corrected chi connectivity index (χ4v) is 3.91. The van der Waals surface area contributed by atoms with E-state index in [9.17, 15) is 14.7 Å². The zero-order valence-electron chi connectivity index (χ0n) is 17.2. The van der Waals surface area contributed by atoms with Gasteiger partial charge in [-0.25, -0.2) is 0 Å². The molecule has 2 aromatic carbocycles. The van der Waals surface area contributed by atoms with Gasteiger partial charge in [-0.2, -0.15) is 0 Å². The van der Waals surface area contributed by atoms with Gasteiger partial charge < -0.3 is 20.1 Å². The lowest BCUT2D eigenvalue weighted by atomic mass is 10.1. The number of carbonyl (C=O) groups excluding carboxylic acids is 2. The van der Waals surface area contributed by atoms with Gasteiger partial charge in [0.1, 0.15) is 24.5 Å². The number of aliphatic hydroxyl groups is 1. The van der Waals surface area contributed by atoms with Crippen molar-refractivity contribution in [2.24, 2.45) is 0 Å². The van der Waals surface area contributed by atoms with E-state index >= 15 is 0 Å². The van der Waals surface area contributed by atoms with Crippen LogP contribution in [-0.2, 0) is 4.79 Å². The number of amides is 2. The molecule has 3 rings (SSSR count). The first kappa shape index (κ1) is 22.3. The van der Waals surface area contributed by atoms with Crippen LogP contribution in [0.5, 0.6) is 5.75 Å². The van der Waals surface area contributed by atoms with Crippen molar-refractivity contribution >= 4 is 27.7 Å². The summed E-state index contributed by atoms with van der Waals surface area (Å²) in [6.07, 6.45) is 0.548. The molecule has 2 aromatic rings. The van der Waals surface area contributed by atoms with Crippen LogP contribution in [0, 0.1) is 13.8 Å². The Balaban J connectivity index is 1.52. The van der Waals surface area contributed by atoms with Crippen LogP contribution < -0.4 is 10.1 Å². The summed E-state index contributed by atoms with van der Waals surface area (Å²) in [5, 5.41) is 13.0. The fraction of sp³-hybridized carbons (Fsp3) is 0.391. The molecule has 0 spiro atoms. The van der Waals surface area contributed by atoms with Gasteiger partial charge in [0.25, 0.3) is 5.91 Å². The topological polar surface area (TPSA) is 78.9 Å². The van der Waals surface area contributed by atoms with Crippen molar-refractivity contribution in [2.45, 2.75) is 38.8 Å². The van der Waals surface area contributed by atoms with Crippen LogP contribution in [0.15, 0.2) is 46.9 Å². The highest BCUT2D eigenvalue weighted by Gasteiger charge is 2.34. The van der Waals surface area contributed by atoms with Crippen LogP contribution in [0.1, 0.15) is 34.3 Å². The van der Waals surface area contributed by atoms with E-state index in [1.54, 1.807) is 17.0 Å². The lowest BCUT2D eigenvalue weighted by molar-refractivity contribution is -0.125. The maximum absolute atomic E-state index is 12.8. The second-order valence-corrected chi connectivity index (χ2v) is 8.51. The minimum Gasteiger partial charge on any atom is -0.490 e. The highest BCUT2D eigenvalue weighted by atomic mass is 79.9. The Hall–Kier alpha value is -2.38. The smallest absolute Gasteiger partial charge is 0.254 e. The second-order valence-electron chi connectivity index (χ2n) is 7.59. The summed E-state index contributed by atoms with van der Waals surface area (Å²) in [5.41, 5.74) is 2.55. The SMILES string of the molecule is Cc1cccc(C)c1OCC(O)CNC(=O)C1CCCN1C(=O)c1ccc(Br)cc1. The summed E-state index contributed by atoms with van der Waals surface area (Å²) >= 11 is 3.36. The maximum atomic E-state index is 12.8. The molecule has 7 heteroatoms. The van der Waals surface area contributed by atoms with E-state index in [-0.39, 0.29) is 25.0 Å². The third-order valence-corrected chi connectivity index (χ3v) is 5.78. The number of benzene rings is 2. The average molecular weight is 475 g/mol. The van der Waals surface area contributed by atoms with Crippen molar-refractivity contribution in [3.05, 3.63) is 63.6 Å². The molecule has 0 aliphatic carbocycles. The summed E-state index contributed by atoms with van der Waals surface area (Å²) in [7, 11) is 0. The molecule has 1 saturated heterocycles. The van der Waals surface area contributed by atoms with Crippen LogP contribution in [0.4, 0.5) is 0 Å². The van der Waals surface area contributed by atoms with Crippen LogP contribution in [0.25, 0.3) is 0 Å². The van der Waals surface area contributed by atoms with Gasteiger partial charge >= 0.3 is 0 Å². The van der Waals surface area contributed by atoms with Crippen LogP contribution in [0.3, 0.4) is 0 Å². The van der Waals surface area contributed by atoms with E-state index < -0.39 is 12.1 Å². The predicted octanol–water partition coefficient (Wildman–Crippen LogP) is 3.23. The van der Waals surface area contributed by atoms with Crippen molar-refractivity contribution < 1.29 is 19.4 Å². The number of rotatable bonds is 7. The number of ether oxygens (including phenoxy) is 1. The molecular weight excluding hydrogens is 448 g/mol. The van der Waals surface area contributed by atoms with E-state index in [0.717, 1.165) is 27.8 Å². The molecule has 160 valence electrons. The number of aliphatic hydroxyl groups excluding tert-OH is 1. The minimum absolute atomic E-state index is 0.0700. The van der Waals surface area contributed by atoms with Gasteiger partial charge in [0.2, 0.25) is 5.91 Å². The Labute approximate surface area is 185 Å². The first-order chi connectivity index (χ1) is 14.4. The molecule has 1 fully saturated rings. The zero-order valence-corrected chi connectivity index (χ0v) is 18.8. The standard InChI is InChI=1S/C23H27BrN2O4/c1-15-5-3-6-16(2)21(15)30-14-19(27)13-25-22(28)20-7-4-12-26(20)23(29)17-8-10-18(24)11-9-17/h3,5-6,8-11,19-20,27H,4,7,12-14H2,1-2H3,(H,25,28). The molecule has 2 atom stereocenters. The highest BCUT2D eigenvalue weighted by molar-refractivity contribution is 9.10. The van der Waals surface area contributed by atoms with Gasteiger partial charge in [-0.05, 0) is 62.1 Å². The molecule has 0 saturated carbocycles. The van der Waals surface area contributed by atoms with Gasteiger partial charge in [-0.1, -0.05) is 34.1 Å². The largest absolute Gasteiger partial charge is 0.490 e. The minimum atomic E-state index is -0.843. The average Bonchev–Trinajstić information content (AvgIpc) is 3.21. The summed E-state index contributed by atoms with van der Waals surface area (Å²) in [6, 6.07) is 12.4. The molecule has 6 nitrogen and oxygen atoms in total. The normalized spacial score (nSPS) is 16.9. The van der Waals surface area contributed by atoms with Crippen molar-refractivity contribution in [2.75, 3.05) is 19.7 Å². The van der Waals surface area contributed by atoms with Crippen LogP contribution in [0.2, 0.25) is 0 Å². The Morgan fingerprint density at radius 1 is 1.20 bits per heavy atom. The second kappa shape index (κ2) is 10.1. The summed E-state index contributed by atoms with van der Waals surface area (Å²) in [6.45, 7) is 4.60. The van der Waals surface area contributed by atoms with Crippen molar-refractivity contribution in [3.63, 3.8) is 0 Å². The van der Waals surface area contributed by atoms with E-state index in [1.165, 1.54) is 0 Å². The van der Waals surface area contributed by atoms with E-state index in [4.69, 9.17) is 4.74 Å². The molecule has 30 heavy (non-hydrogen) atoms. The highest BCUT2D eigenvalue weighted by Crippen LogP contribution is 2.23. The van der Waals surface area contributed by atoms with Crippen molar-refractivity contribution in [1.82, 2.24) is 10.2 Å². The van der Waals surface area contributed by atoms with Crippen LogP contribution >= 0.6 is 15.9 Å². The number of nitrogens with one attached hydrogen (secondary N) is 1. The van der Waals surface area contributed by atoms with E-state index in [1.807, 2.05) is 44.2 Å². The predicted molar refractivity (Wildman–Crippen MR) is 119 cm³/mol. The van der Waals surface area contributed by atoms with E-state index in [2.05, 4.69) is 21.2 Å². The zero-order chi connectivity index (χ0) is 21.7. The summed E-state index contributed by atoms with van der Waals surface area (Å²) in [4.78, 5) is 27.1. The number of halogens is 1. The fourth-order valence-electron chi connectivity index (χ4n) is 3.64. The first-order valence-electron chi connectivity index (χ1n) is 10.1. The van der Waals surface area contributed by atoms with Gasteiger partial charge in [0, 0.05) is 23.1 Å². The third-order valence-electron chi connectivity index (χ3n) is 5.25. The van der Waals surface area contributed by atoms with Gasteiger partial charge in [-0.3, -0.25) is 9.59 Å². The Bertz CT molecular complexity index is 880. The Morgan fingerprint density at radius 3 is 2.53 bits per heavy atom. The molecule has 2 N–H and O–H groups in total. The molecule has 0 aromatic heterocycles. The number of hydrogen-bond donors (Lipinski definition) is 2. The molecule has 1 aliphatic heterocycles. The van der Waals surface area contributed by atoms with Gasteiger partial charge in [0.15, 0.2) is 0 Å². The molecule has 2 unspecified atom stereocenters. The molecule has 1 aliphatic rings. The number of carbonyl (C=O) groups is 2. The molecule has 1 heterocycles. The van der Waals surface area contributed by atoms with Gasteiger partial charge in [0.05, 0.1) is 0 Å². The number of aryl methyl sites for hydroxylation is 2.